The van der Waals surface area contributed by atoms with Gasteiger partial charge in [-0.3, -0.25) is 0 Å². The van der Waals surface area contributed by atoms with E-state index in [-0.39, 0.29) is 12.2 Å². The normalized spacial score (nSPS) is 24.0. The summed E-state index contributed by atoms with van der Waals surface area (Å²) in [6.07, 6.45) is 0.711. The topological polar surface area (TPSA) is 54.0 Å². The molecule has 2 rings (SSSR count). The molecule has 0 radical (unpaired) electrons. The average Bonchev–Trinajstić information content (AvgIpc) is 2.74. The monoisotopic (exact) mass is 294 g/mol. The Morgan fingerprint density at radius 2 is 1.86 bits per heavy atom. The molecule has 1 aromatic rings. The minimum absolute atomic E-state index is 0.219. The second-order valence-corrected chi connectivity index (χ2v) is 5.48. The maximum atomic E-state index is 10.7. The number of hydrogen-bond acceptors (Lipinski definition) is 5. The highest BCUT2D eigenvalue weighted by molar-refractivity contribution is 5.50. The van der Waals surface area contributed by atoms with Gasteiger partial charge in [0.2, 0.25) is 0 Å². The lowest BCUT2D eigenvalue weighted by Crippen LogP contribution is -2.28. The summed E-state index contributed by atoms with van der Waals surface area (Å²) in [7, 11) is 1.64. The van der Waals surface area contributed by atoms with E-state index in [1.807, 2.05) is 38.1 Å². The maximum absolute atomic E-state index is 10.7. The van der Waals surface area contributed by atoms with E-state index >= 15 is 0 Å². The summed E-state index contributed by atoms with van der Waals surface area (Å²) >= 11 is 0. The fraction of sp³-hybridized carbons (Fsp3) is 0.562. The third-order valence-corrected chi connectivity index (χ3v) is 3.32. The van der Waals surface area contributed by atoms with Crippen LogP contribution in [0.3, 0.4) is 0 Å². The molecular weight excluding hydrogens is 272 g/mol. The lowest BCUT2D eigenvalue weighted by Gasteiger charge is -2.17. The summed E-state index contributed by atoms with van der Waals surface area (Å²) in [5.74, 6) is 0.154. The molecular formula is C16H22O5. The van der Waals surface area contributed by atoms with Gasteiger partial charge in [-0.1, -0.05) is 12.1 Å². The standard InChI is InChI=1S/C16H22O5/c1-16(2)20-14(8-9-17)15(21-16)11-19-10-12-4-6-13(18-3)7-5-12/h4-7,9,14-15H,8,10-11H2,1-3H3/t14-,15-/m1/s1. The molecule has 5 nitrogen and oxygen atoms in total. The molecule has 0 spiro atoms. The van der Waals surface area contributed by atoms with Crippen LogP contribution in [0.5, 0.6) is 5.75 Å². The molecule has 5 heteroatoms. The van der Waals surface area contributed by atoms with E-state index in [9.17, 15) is 4.79 Å². The first-order valence-electron chi connectivity index (χ1n) is 7.04. The number of aldehydes is 1. The van der Waals surface area contributed by atoms with Gasteiger partial charge in [0.25, 0.3) is 0 Å². The predicted molar refractivity (Wildman–Crippen MR) is 77.2 cm³/mol. The molecule has 1 fully saturated rings. The van der Waals surface area contributed by atoms with Crippen LogP contribution in [-0.4, -0.2) is 38.0 Å². The summed E-state index contributed by atoms with van der Waals surface area (Å²) < 4.78 is 22.2. The minimum atomic E-state index is -0.665. The van der Waals surface area contributed by atoms with Crippen LogP contribution in [0.15, 0.2) is 24.3 Å². The molecule has 0 bridgehead atoms. The smallest absolute Gasteiger partial charge is 0.163 e. The first-order valence-corrected chi connectivity index (χ1v) is 7.04. The van der Waals surface area contributed by atoms with Gasteiger partial charge in [0.1, 0.15) is 18.1 Å². The SMILES string of the molecule is COc1ccc(COC[C@H]2OC(C)(C)O[C@@H]2CC=O)cc1. The molecule has 1 aliphatic rings. The van der Waals surface area contributed by atoms with Crippen LogP contribution in [0.4, 0.5) is 0 Å². The Bertz CT molecular complexity index is 454. The van der Waals surface area contributed by atoms with Crippen molar-refractivity contribution in [3.05, 3.63) is 29.8 Å². The molecule has 0 saturated carbocycles. The van der Waals surface area contributed by atoms with Gasteiger partial charge >= 0.3 is 0 Å². The fourth-order valence-corrected chi connectivity index (χ4v) is 2.36. The summed E-state index contributed by atoms with van der Waals surface area (Å²) in [5.41, 5.74) is 1.06. The fourth-order valence-electron chi connectivity index (χ4n) is 2.36. The Kier molecular flexibility index (Phi) is 5.33. The Labute approximate surface area is 125 Å². The molecule has 1 heterocycles. The van der Waals surface area contributed by atoms with Crippen molar-refractivity contribution in [2.45, 2.75) is 44.9 Å². The van der Waals surface area contributed by atoms with Crippen molar-refractivity contribution in [2.75, 3.05) is 13.7 Å². The second kappa shape index (κ2) is 7.02. The molecule has 0 aliphatic carbocycles. The van der Waals surface area contributed by atoms with Crippen LogP contribution < -0.4 is 4.74 Å². The van der Waals surface area contributed by atoms with E-state index in [0.717, 1.165) is 17.6 Å². The molecule has 1 aliphatic heterocycles. The summed E-state index contributed by atoms with van der Waals surface area (Å²) in [5, 5.41) is 0. The van der Waals surface area contributed by atoms with Crippen molar-refractivity contribution < 1.29 is 23.7 Å². The van der Waals surface area contributed by atoms with Gasteiger partial charge in [0.15, 0.2) is 5.79 Å². The van der Waals surface area contributed by atoms with Crippen molar-refractivity contribution in [2.24, 2.45) is 0 Å². The van der Waals surface area contributed by atoms with Crippen LogP contribution >= 0.6 is 0 Å². The Morgan fingerprint density at radius 1 is 1.19 bits per heavy atom. The molecule has 1 saturated heterocycles. The van der Waals surface area contributed by atoms with Crippen LogP contribution in [0.2, 0.25) is 0 Å². The van der Waals surface area contributed by atoms with E-state index in [4.69, 9.17) is 18.9 Å². The van der Waals surface area contributed by atoms with Crippen molar-refractivity contribution in [3.63, 3.8) is 0 Å². The third-order valence-electron chi connectivity index (χ3n) is 3.32. The van der Waals surface area contributed by atoms with Crippen LogP contribution in [0.25, 0.3) is 0 Å². The molecule has 116 valence electrons. The molecule has 1 aromatic carbocycles. The zero-order valence-electron chi connectivity index (χ0n) is 12.7. The lowest BCUT2D eigenvalue weighted by molar-refractivity contribution is -0.151. The van der Waals surface area contributed by atoms with Gasteiger partial charge < -0.3 is 23.7 Å². The van der Waals surface area contributed by atoms with E-state index in [1.54, 1.807) is 7.11 Å². The van der Waals surface area contributed by atoms with E-state index in [0.29, 0.717) is 19.6 Å². The van der Waals surface area contributed by atoms with Gasteiger partial charge in [0, 0.05) is 6.42 Å². The number of carbonyl (C=O) groups is 1. The number of rotatable bonds is 7. The first-order chi connectivity index (χ1) is 10.0. The zero-order valence-corrected chi connectivity index (χ0v) is 12.7. The number of carbonyl (C=O) groups excluding carboxylic acids is 1. The maximum Gasteiger partial charge on any atom is 0.163 e. The van der Waals surface area contributed by atoms with E-state index < -0.39 is 5.79 Å². The second-order valence-electron chi connectivity index (χ2n) is 5.48. The molecule has 0 aromatic heterocycles. The summed E-state index contributed by atoms with van der Waals surface area (Å²) in [6, 6.07) is 7.70. The van der Waals surface area contributed by atoms with Gasteiger partial charge in [-0.05, 0) is 31.5 Å². The molecule has 21 heavy (non-hydrogen) atoms. The van der Waals surface area contributed by atoms with Gasteiger partial charge in [-0.2, -0.15) is 0 Å². The van der Waals surface area contributed by atoms with Gasteiger partial charge in [-0.25, -0.2) is 0 Å². The number of methoxy groups -OCH3 is 1. The highest BCUT2D eigenvalue weighted by atomic mass is 16.8. The largest absolute Gasteiger partial charge is 0.497 e. The summed E-state index contributed by atoms with van der Waals surface area (Å²) in [6.45, 7) is 4.56. The average molecular weight is 294 g/mol. The molecule has 0 unspecified atom stereocenters. The van der Waals surface area contributed by atoms with Gasteiger partial charge in [0.05, 0.1) is 26.4 Å². The molecule has 0 N–H and O–H groups in total. The lowest BCUT2D eigenvalue weighted by atomic mass is 10.1. The zero-order chi connectivity index (χ0) is 15.3. The Balaban J connectivity index is 1.82. The quantitative estimate of drug-likeness (QED) is 0.722. The van der Waals surface area contributed by atoms with Crippen LogP contribution in [0.1, 0.15) is 25.8 Å². The molecule has 0 amide bonds. The highest BCUT2D eigenvalue weighted by Gasteiger charge is 2.40. The number of ether oxygens (including phenoxy) is 4. The third kappa shape index (κ3) is 4.52. The predicted octanol–water partition coefficient (Wildman–Crippen LogP) is 2.32. The van der Waals surface area contributed by atoms with Gasteiger partial charge in [-0.15, -0.1) is 0 Å². The highest BCUT2D eigenvalue weighted by Crippen LogP contribution is 2.29. The van der Waals surface area contributed by atoms with Crippen molar-refractivity contribution in [1.29, 1.82) is 0 Å². The Hall–Kier alpha value is -1.43. The van der Waals surface area contributed by atoms with Crippen molar-refractivity contribution >= 4 is 6.29 Å². The number of hydrogen-bond donors (Lipinski definition) is 0. The number of benzene rings is 1. The van der Waals surface area contributed by atoms with Crippen molar-refractivity contribution in [1.82, 2.24) is 0 Å². The minimum Gasteiger partial charge on any atom is -0.497 e. The van der Waals surface area contributed by atoms with Crippen molar-refractivity contribution in [3.8, 4) is 5.75 Å². The Morgan fingerprint density at radius 3 is 2.48 bits per heavy atom. The van der Waals surface area contributed by atoms with Crippen LogP contribution in [0, 0.1) is 0 Å². The van der Waals surface area contributed by atoms with Crippen LogP contribution in [-0.2, 0) is 25.6 Å². The first kappa shape index (κ1) is 15.9. The summed E-state index contributed by atoms with van der Waals surface area (Å²) in [4.78, 5) is 10.7. The molecule has 2 atom stereocenters. The van der Waals surface area contributed by atoms with E-state index in [2.05, 4.69) is 0 Å². The van der Waals surface area contributed by atoms with E-state index in [1.165, 1.54) is 0 Å².